The highest BCUT2D eigenvalue weighted by Gasteiger charge is 2.18. The molecule has 2 amide bonds. The molecular weight excluding hydrogens is 338 g/mol. The molecular formula is C14H18ClN5O2S. The lowest BCUT2D eigenvalue weighted by Gasteiger charge is -2.08. The smallest absolute Gasteiger partial charge is 0.265 e. The highest BCUT2D eigenvalue weighted by molar-refractivity contribution is 7.14. The predicted octanol–water partition coefficient (Wildman–Crippen LogP) is 1.74. The molecule has 0 aromatic carbocycles. The third-order valence-electron chi connectivity index (χ3n) is 3.59. The Morgan fingerprint density at radius 3 is 2.96 bits per heavy atom. The van der Waals surface area contributed by atoms with Crippen molar-refractivity contribution in [3.63, 3.8) is 0 Å². The molecule has 7 nitrogen and oxygen atoms in total. The fourth-order valence-electron chi connectivity index (χ4n) is 2.47. The van der Waals surface area contributed by atoms with Crippen LogP contribution in [0.5, 0.6) is 0 Å². The lowest BCUT2D eigenvalue weighted by atomic mass is 10.1. The van der Waals surface area contributed by atoms with E-state index in [2.05, 4.69) is 20.6 Å². The average molecular weight is 356 g/mol. The summed E-state index contributed by atoms with van der Waals surface area (Å²) in [5.41, 5.74) is 7.00. The van der Waals surface area contributed by atoms with Gasteiger partial charge in [-0.3, -0.25) is 9.59 Å². The number of anilines is 1. The number of halogens is 1. The fourth-order valence-corrected chi connectivity index (χ4v) is 3.21. The van der Waals surface area contributed by atoms with E-state index in [9.17, 15) is 9.59 Å². The Labute approximate surface area is 143 Å². The van der Waals surface area contributed by atoms with Crippen LogP contribution < -0.4 is 16.4 Å². The van der Waals surface area contributed by atoms with Gasteiger partial charge in [-0.05, 0) is 25.5 Å². The minimum Gasteiger partial charge on any atom is -0.364 e. The summed E-state index contributed by atoms with van der Waals surface area (Å²) in [5, 5.41) is 8.49. The number of nitrogens with one attached hydrogen (secondary N) is 3. The Morgan fingerprint density at radius 1 is 1.48 bits per heavy atom. The van der Waals surface area contributed by atoms with Gasteiger partial charge in [-0.1, -0.05) is 0 Å². The van der Waals surface area contributed by atoms with E-state index >= 15 is 0 Å². The summed E-state index contributed by atoms with van der Waals surface area (Å²) in [6.07, 6.45) is 4.29. The highest BCUT2D eigenvalue weighted by atomic mass is 35.5. The van der Waals surface area contributed by atoms with Crippen molar-refractivity contribution in [3.8, 4) is 11.3 Å². The third kappa shape index (κ3) is 4.31. The first-order chi connectivity index (χ1) is 10.6. The van der Waals surface area contributed by atoms with Crippen LogP contribution in [0.2, 0.25) is 0 Å². The Bertz CT molecular complexity index is 693. The van der Waals surface area contributed by atoms with E-state index in [1.807, 2.05) is 5.38 Å². The number of hydrogen-bond acceptors (Lipinski definition) is 5. The van der Waals surface area contributed by atoms with Crippen molar-refractivity contribution in [1.82, 2.24) is 15.3 Å². The number of carbonyl (C=O) groups is 2. The van der Waals surface area contributed by atoms with Gasteiger partial charge < -0.3 is 21.4 Å². The average Bonchev–Trinajstić information content (AvgIpc) is 3.18. The summed E-state index contributed by atoms with van der Waals surface area (Å²) in [6.45, 7) is 0.981. The van der Waals surface area contributed by atoms with E-state index in [-0.39, 0.29) is 24.4 Å². The number of hydrogen-bond donors (Lipinski definition) is 4. The molecule has 2 aromatic heterocycles. The zero-order valence-corrected chi connectivity index (χ0v) is 13.9. The fraction of sp³-hybridized carbons (Fsp3) is 0.357. The van der Waals surface area contributed by atoms with Gasteiger partial charge in [0.15, 0.2) is 5.13 Å². The maximum Gasteiger partial charge on any atom is 0.265 e. The lowest BCUT2D eigenvalue weighted by molar-refractivity contribution is -0.116. The van der Waals surface area contributed by atoms with Gasteiger partial charge in [0.1, 0.15) is 5.69 Å². The molecule has 124 valence electrons. The van der Waals surface area contributed by atoms with Gasteiger partial charge in [0.2, 0.25) is 5.91 Å². The van der Waals surface area contributed by atoms with Gasteiger partial charge in [0.25, 0.3) is 5.91 Å². The Balaban J connectivity index is 0.00000192. The summed E-state index contributed by atoms with van der Waals surface area (Å²) in [5.74, 6) is -0.550. The molecule has 1 fully saturated rings. The van der Waals surface area contributed by atoms with Gasteiger partial charge in [0, 0.05) is 29.6 Å². The lowest BCUT2D eigenvalue weighted by Crippen LogP contribution is -2.27. The first-order valence-corrected chi connectivity index (χ1v) is 7.97. The predicted molar refractivity (Wildman–Crippen MR) is 91.9 cm³/mol. The topological polar surface area (TPSA) is 113 Å². The van der Waals surface area contributed by atoms with E-state index in [0.717, 1.165) is 24.9 Å². The van der Waals surface area contributed by atoms with Crippen molar-refractivity contribution in [2.45, 2.75) is 25.3 Å². The largest absolute Gasteiger partial charge is 0.364 e. The van der Waals surface area contributed by atoms with E-state index in [1.165, 1.54) is 11.3 Å². The second kappa shape index (κ2) is 7.58. The van der Waals surface area contributed by atoms with Gasteiger partial charge >= 0.3 is 0 Å². The second-order valence-corrected chi connectivity index (χ2v) is 6.11. The van der Waals surface area contributed by atoms with Crippen LogP contribution in [-0.4, -0.2) is 34.4 Å². The number of thiazole rings is 1. The van der Waals surface area contributed by atoms with Crippen molar-refractivity contribution in [3.05, 3.63) is 23.3 Å². The van der Waals surface area contributed by atoms with Crippen LogP contribution in [0.25, 0.3) is 11.3 Å². The molecule has 0 radical (unpaired) electrons. The minimum absolute atomic E-state index is 0. The van der Waals surface area contributed by atoms with E-state index < -0.39 is 5.91 Å². The summed E-state index contributed by atoms with van der Waals surface area (Å²) in [4.78, 5) is 30.2. The summed E-state index contributed by atoms with van der Waals surface area (Å²) in [7, 11) is 0. The number of amides is 2. The quantitative estimate of drug-likeness (QED) is 0.654. The van der Waals surface area contributed by atoms with Crippen LogP contribution in [0, 0.1) is 0 Å². The molecule has 0 spiro atoms. The molecule has 1 saturated heterocycles. The van der Waals surface area contributed by atoms with E-state index in [0.29, 0.717) is 22.9 Å². The number of nitrogens with zero attached hydrogens (tertiary/aromatic N) is 1. The Kier molecular flexibility index (Phi) is 5.75. The van der Waals surface area contributed by atoms with Gasteiger partial charge in [-0.15, -0.1) is 23.7 Å². The molecule has 0 aliphatic carbocycles. The molecule has 1 aliphatic heterocycles. The Morgan fingerprint density at radius 2 is 2.30 bits per heavy atom. The molecule has 3 heterocycles. The van der Waals surface area contributed by atoms with Crippen LogP contribution in [0.1, 0.15) is 29.8 Å². The normalized spacial score (nSPS) is 16.8. The van der Waals surface area contributed by atoms with Crippen molar-refractivity contribution >= 4 is 40.7 Å². The maximum atomic E-state index is 12.0. The molecule has 1 unspecified atom stereocenters. The number of aromatic amines is 1. The molecule has 9 heteroatoms. The van der Waals surface area contributed by atoms with Crippen molar-refractivity contribution in [2.24, 2.45) is 5.73 Å². The van der Waals surface area contributed by atoms with Crippen molar-refractivity contribution in [2.75, 3.05) is 11.9 Å². The van der Waals surface area contributed by atoms with Gasteiger partial charge in [-0.2, -0.15) is 0 Å². The number of H-pyrrole nitrogens is 1. The first-order valence-electron chi connectivity index (χ1n) is 7.09. The van der Waals surface area contributed by atoms with Crippen LogP contribution in [0.4, 0.5) is 5.13 Å². The van der Waals surface area contributed by atoms with Crippen LogP contribution in [-0.2, 0) is 4.79 Å². The zero-order valence-electron chi connectivity index (χ0n) is 12.3. The molecule has 3 rings (SSSR count). The summed E-state index contributed by atoms with van der Waals surface area (Å²) < 4.78 is 0. The van der Waals surface area contributed by atoms with Crippen molar-refractivity contribution < 1.29 is 9.59 Å². The zero-order chi connectivity index (χ0) is 15.5. The third-order valence-corrected chi connectivity index (χ3v) is 4.35. The number of carbonyl (C=O) groups excluding carboxylic acids is 2. The van der Waals surface area contributed by atoms with Crippen LogP contribution in [0.15, 0.2) is 17.6 Å². The SMILES string of the molecule is Cl.NC(=O)c1cc(-c2csc(NC(=O)CC3CCCN3)n2)c[nH]1. The monoisotopic (exact) mass is 355 g/mol. The van der Waals surface area contributed by atoms with Crippen LogP contribution >= 0.6 is 23.7 Å². The molecule has 23 heavy (non-hydrogen) atoms. The molecule has 5 N–H and O–H groups in total. The number of aromatic nitrogens is 2. The summed E-state index contributed by atoms with van der Waals surface area (Å²) in [6, 6.07) is 1.91. The molecule has 0 bridgehead atoms. The van der Waals surface area contributed by atoms with E-state index in [1.54, 1.807) is 12.3 Å². The van der Waals surface area contributed by atoms with Gasteiger partial charge in [-0.25, -0.2) is 4.98 Å². The van der Waals surface area contributed by atoms with Crippen LogP contribution in [0.3, 0.4) is 0 Å². The second-order valence-electron chi connectivity index (χ2n) is 5.25. The van der Waals surface area contributed by atoms with E-state index in [4.69, 9.17) is 5.73 Å². The maximum absolute atomic E-state index is 12.0. The number of primary amides is 1. The molecule has 1 aliphatic rings. The molecule has 1 atom stereocenters. The summed E-state index contributed by atoms with van der Waals surface area (Å²) >= 11 is 1.35. The highest BCUT2D eigenvalue weighted by Crippen LogP contribution is 2.25. The standard InChI is InChI=1S/C14H17N5O2S.ClH/c15-13(21)10-4-8(6-17-10)11-7-22-14(18-11)19-12(20)5-9-2-1-3-16-9;/h4,6-7,9,16-17H,1-3,5H2,(H2,15,21)(H,18,19,20);1H. The van der Waals surface area contributed by atoms with Gasteiger partial charge in [0.05, 0.1) is 5.69 Å². The number of nitrogens with two attached hydrogens (primary N) is 1. The molecule has 0 saturated carbocycles. The first kappa shape index (κ1) is 17.5. The number of rotatable bonds is 5. The molecule has 2 aromatic rings. The Hall–Kier alpha value is -1.90. The minimum atomic E-state index is -0.515. The van der Waals surface area contributed by atoms with Crippen molar-refractivity contribution in [1.29, 1.82) is 0 Å².